The molecule has 128 valence electrons. The Labute approximate surface area is 155 Å². The van der Waals surface area contributed by atoms with Gasteiger partial charge in [-0.1, -0.05) is 12.1 Å². The van der Waals surface area contributed by atoms with Crippen LogP contribution in [0.1, 0.15) is 0 Å². The number of aromatic hydroxyl groups is 2. The lowest BCUT2D eigenvalue weighted by Crippen LogP contribution is -1.77. The minimum Gasteiger partial charge on any atom is -0.508 e. The van der Waals surface area contributed by atoms with Crippen molar-refractivity contribution in [1.29, 1.82) is 0 Å². The molecule has 0 aliphatic heterocycles. The quantitative estimate of drug-likeness (QED) is 0.334. The van der Waals surface area contributed by atoms with E-state index >= 15 is 0 Å². The van der Waals surface area contributed by atoms with Gasteiger partial charge < -0.3 is 14.6 Å². The molecule has 7 aromatic rings. The van der Waals surface area contributed by atoms with E-state index in [1.54, 1.807) is 29.5 Å². The third-order valence-electron chi connectivity index (χ3n) is 5.50. The van der Waals surface area contributed by atoms with Gasteiger partial charge in [0, 0.05) is 37.7 Å². The Morgan fingerprint density at radius 2 is 1.56 bits per heavy atom. The maximum Gasteiger partial charge on any atom is 0.161 e. The van der Waals surface area contributed by atoms with Crippen molar-refractivity contribution in [3.05, 3.63) is 54.6 Å². The lowest BCUT2D eigenvalue weighted by Gasteiger charge is -1.96. The number of nitrogens with zero attached hydrogens (tertiary/aromatic N) is 1. The van der Waals surface area contributed by atoms with Gasteiger partial charge in [-0.3, -0.25) is 4.40 Å². The first-order valence-corrected chi connectivity index (χ1v) is 9.47. The van der Waals surface area contributed by atoms with E-state index in [1.165, 1.54) is 10.8 Å². The second-order valence-corrected chi connectivity index (χ2v) is 7.99. The molecule has 0 radical (unpaired) electrons. The number of rotatable bonds is 0. The maximum absolute atomic E-state index is 9.90. The highest BCUT2D eigenvalue weighted by Gasteiger charge is 2.24. The van der Waals surface area contributed by atoms with Crippen LogP contribution in [0.15, 0.2) is 59.0 Å². The van der Waals surface area contributed by atoms with E-state index in [1.807, 2.05) is 18.2 Å². The second-order valence-electron chi connectivity index (χ2n) is 6.96. The minimum atomic E-state index is 0.198. The van der Waals surface area contributed by atoms with Gasteiger partial charge in [-0.05, 0) is 36.4 Å². The van der Waals surface area contributed by atoms with Crippen LogP contribution in [0.4, 0.5) is 0 Å². The number of phenols is 2. The fourth-order valence-electron chi connectivity index (χ4n) is 4.45. The number of thiophene rings is 1. The monoisotopic (exact) mass is 369 g/mol. The van der Waals surface area contributed by atoms with E-state index in [9.17, 15) is 10.2 Å². The lowest BCUT2D eigenvalue weighted by atomic mass is 10.1. The van der Waals surface area contributed by atoms with Crippen LogP contribution >= 0.6 is 11.3 Å². The average molecular weight is 369 g/mol. The average Bonchev–Trinajstić information content (AvgIpc) is 3.35. The highest BCUT2D eigenvalue weighted by Crippen LogP contribution is 2.47. The molecule has 7 rings (SSSR count). The summed E-state index contributed by atoms with van der Waals surface area (Å²) in [5, 5.41) is 25.4. The molecule has 0 saturated carbocycles. The number of furan rings is 1. The zero-order valence-electron chi connectivity index (χ0n) is 13.9. The predicted molar refractivity (Wildman–Crippen MR) is 110 cm³/mol. The molecule has 0 spiro atoms. The van der Waals surface area contributed by atoms with Crippen molar-refractivity contribution in [2.45, 2.75) is 0 Å². The Bertz CT molecular complexity index is 1700. The number of aromatic nitrogens is 1. The molecule has 27 heavy (non-hydrogen) atoms. The van der Waals surface area contributed by atoms with Gasteiger partial charge in [-0.25, -0.2) is 0 Å². The molecular weight excluding hydrogens is 358 g/mol. The Morgan fingerprint density at radius 1 is 0.778 bits per heavy atom. The molecule has 2 N–H and O–H groups in total. The minimum absolute atomic E-state index is 0.198. The van der Waals surface area contributed by atoms with Gasteiger partial charge in [0.2, 0.25) is 0 Å². The SMILES string of the molecule is Oc1ccc2c(c1)oc1c3cccc4c5c6ccc(O)cc6sc5n(c34)c21. The first-order valence-electron chi connectivity index (χ1n) is 8.65. The molecule has 0 aliphatic carbocycles. The summed E-state index contributed by atoms with van der Waals surface area (Å²) >= 11 is 1.68. The van der Waals surface area contributed by atoms with Crippen LogP contribution in [-0.4, -0.2) is 14.6 Å². The van der Waals surface area contributed by atoms with Crippen molar-refractivity contribution in [1.82, 2.24) is 4.40 Å². The highest BCUT2D eigenvalue weighted by molar-refractivity contribution is 7.25. The molecule has 0 atom stereocenters. The lowest BCUT2D eigenvalue weighted by molar-refractivity contribution is 0.474. The van der Waals surface area contributed by atoms with Crippen LogP contribution in [0.25, 0.3) is 58.7 Å². The van der Waals surface area contributed by atoms with E-state index in [0.717, 1.165) is 42.3 Å². The van der Waals surface area contributed by atoms with Gasteiger partial charge in [0.15, 0.2) is 5.58 Å². The van der Waals surface area contributed by atoms with Crippen LogP contribution in [0.5, 0.6) is 11.5 Å². The van der Waals surface area contributed by atoms with Crippen molar-refractivity contribution >= 4 is 70.0 Å². The number of hydrogen-bond donors (Lipinski definition) is 2. The molecule has 0 unspecified atom stereocenters. The zero-order chi connectivity index (χ0) is 17.9. The van der Waals surface area contributed by atoms with Gasteiger partial charge in [0.1, 0.15) is 27.4 Å². The maximum atomic E-state index is 9.90. The van der Waals surface area contributed by atoms with E-state index in [4.69, 9.17) is 4.42 Å². The summed E-state index contributed by atoms with van der Waals surface area (Å²) in [5.74, 6) is 0.478. The molecule has 4 aromatic heterocycles. The molecule has 5 heteroatoms. The van der Waals surface area contributed by atoms with Crippen LogP contribution in [-0.2, 0) is 0 Å². The largest absolute Gasteiger partial charge is 0.508 e. The fraction of sp³-hybridized carbons (Fsp3) is 0. The summed E-state index contributed by atoms with van der Waals surface area (Å²) in [4.78, 5) is 1.15. The second kappa shape index (κ2) is 4.27. The summed E-state index contributed by atoms with van der Waals surface area (Å²) in [6.45, 7) is 0. The molecule has 3 aromatic carbocycles. The highest BCUT2D eigenvalue weighted by atomic mass is 32.1. The Kier molecular flexibility index (Phi) is 2.17. The summed E-state index contributed by atoms with van der Waals surface area (Å²) in [6, 6.07) is 17.1. The Hall–Kier alpha value is -3.44. The molecular formula is C22H11NO3S. The van der Waals surface area contributed by atoms with Crippen molar-refractivity contribution in [2.24, 2.45) is 0 Å². The summed E-state index contributed by atoms with van der Waals surface area (Å²) in [7, 11) is 0. The van der Waals surface area contributed by atoms with Crippen molar-refractivity contribution in [2.75, 3.05) is 0 Å². The predicted octanol–water partition coefficient (Wildman–Crippen LogP) is 6.21. The van der Waals surface area contributed by atoms with E-state index in [2.05, 4.69) is 22.6 Å². The summed E-state index contributed by atoms with van der Waals surface area (Å²) in [5.41, 5.74) is 3.72. The van der Waals surface area contributed by atoms with Crippen LogP contribution in [0, 0.1) is 0 Å². The van der Waals surface area contributed by atoms with Gasteiger partial charge in [0.25, 0.3) is 0 Å². The van der Waals surface area contributed by atoms with Crippen LogP contribution in [0.3, 0.4) is 0 Å². The van der Waals surface area contributed by atoms with E-state index < -0.39 is 0 Å². The Morgan fingerprint density at radius 3 is 2.44 bits per heavy atom. The Balaban J connectivity index is 1.86. The molecule has 0 bridgehead atoms. The zero-order valence-corrected chi connectivity index (χ0v) is 14.7. The molecule has 0 fully saturated rings. The first kappa shape index (κ1) is 13.7. The number of para-hydroxylation sites is 1. The van der Waals surface area contributed by atoms with Gasteiger partial charge in [0.05, 0.1) is 5.52 Å². The van der Waals surface area contributed by atoms with Gasteiger partial charge in [-0.2, -0.15) is 0 Å². The molecule has 0 saturated heterocycles. The number of phenolic OH excluding ortho intramolecular Hbond substituents is 2. The third kappa shape index (κ3) is 1.47. The van der Waals surface area contributed by atoms with Crippen molar-refractivity contribution in [3.63, 3.8) is 0 Å². The van der Waals surface area contributed by atoms with E-state index in [-0.39, 0.29) is 11.5 Å². The molecule has 0 amide bonds. The molecule has 0 aliphatic rings. The summed E-state index contributed by atoms with van der Waals surface area (Å²) in [6.07, 6.45) is 0. The summed E-state index contributed by atoms with van der Waals surface area (Å²) < 4.78 is 9.49. The topological polar surface area (TPSA) is 58.0 Å². The third-order valence-corrected chi connectivity index (χ3v) is 6.64. The number of benzene rings is 3. The van der Waals surface area contributed by atoms with E-state index in [0.29, 0.717) is 5.58 Å². The van der Waals surface area contributed by atoms with Crippen molar-refractivity contribution < 1.29 is 14.6 Å². The smallest absolute Gasteiger partial charge is 0.161 e. The number of hydrogen-bond acceptors (Lipinski definition) is 4. The van der Waals surface area contributed by atoms with Gasteiger partial charge >= 0.3 is 0 Å². The van der Waals surface area contributed by atoms with Crippen molar-refractivity contribution in [3.8, 4) is 11.5 Å². The first-order chi connectivity index (χ1) is 13.2. The van der Waals surface area contributed by atoms with Gasteiger partial charge in [-0.15, -0.1) is 11.3 Å². The van der Waals surface area contributed by atoms with Crippen LogP contribution < -0.4 is 0 Å². The normalized spacial score (nSPS) is 12.7. The standard InChI is InChI=1S/C22H11NO3S/c24-10-4-6-12-16(8-10)26-21-15-3-1-2-14-18-13-7-5-11(25)9-17(13)27-22(18)23(19(14)15)20(12)21/h1-9,24-25H. The molecule has 4 nitrogen and oxygen atoms in total. The number of fused-ring (bicyclic) bond motifs is 10. The fourth-order valence-corrected chi connectivity index (χ4v) is 5.71. The van der Waals surface area contributed by atoms with Crippen LogP contribution in [0.2, 0.25) is 0 Å². The molecule has 4 heterocycles.